The van der Waals surface area contributed by atoms with Gasteiger partial charge in [0.2, 0.25) is 0 Å². The molecule has 1 N–H and O–H groups in total. The van der Waals surface area contributed by atoms with Crippen molar-refractivity contribution in [3.63, 3.8) is 0 Å². The number of non-ortho nitro benzene ring substituents is 1. The zero-order valence-electron chi connectivity index (χ0n) is 13.7. The largest absolute Gasteiger partial charge is 0.447 e. The van der Waals surface area contributed by atoms with Crippen LogP contribution in [0.15, 0.2) is 24.3 Å². The minimum atomic E-state index is -0.907. The van der Waals surface area contributed by atoms with Gasteiger partial charge in [-0.25, -0.2) is 9.59 Å². The van der Waals surface area contributed by atoms with Crippen LogP contribution in [0.1, 0.15) is 55.8 Å². The second-order valence-electron chi connectivity index (χ2n) is 5.20. The number of hydrogen-bond donors (Lipinski definition) is 1. The van der Waals surface area contributed by atoms with Crippen molar-refractivity contribution in [2.45, 2.75) is 45.4 Å². The quantitative estimate of drug-likeness (QED) is 0.417. The Balaban J connectivity index is 2.23. The fourth-order valence-electron chi connectivity index (χ4n) is 1.97. The van der Waals surface area contributed by atoms with Gasteiger partial charge in [0.15, 0.2) is 0 Å². The summed E-state index contributed by atoms with van der Waals surface area (Å²) in [5, 5.41) is 10.6. The average molecular weight is 338 g/mol. The summed E-state index contributed by atoms with van der Waals surface area (Å²) in [5.74, 6) is -0.907. The number of ether oxygens (including phenoxy) is 1. The van der Waals surface area contributed by atoms with E-state index in [0.29, 0.717) is 0 Å². The maximum atomic E-state index is 11.7. The Bertz CT molecular complexity index is 561. The van der Waals surface area contributed by atoms with Crippen LogP contribution in [-0.4, -0.2) is 23.6 Å². The van der Waals surface area contributed by atoms with Crippen LogP contribution in [0.5, 0.6) is 0 Å². The molecule has 8 nitrogen and oxygen atoms in total. The number of unbranched alkanes of at least 4 members (excludes halogenated alkanes) is 5. The highest BCUT2D eigenvalue weighted by Gasteiger charge is 2.14. The first-order valence-corrected chi connectivity index (χ1v) is 7.93. The molecule has 24 heavy (non-hydrogen) atoms. The number of nitrogens with one attached hydrogen (secondary N) is 1. The molecule has 1 aromatic rings. The first kappa shape index (κ1) is 19.4. The summed E-state index contributed by atoms with van der Waals surface area (Å²) in [4.78, 5) is 37.6. The molecule has 132 valence electrons. The molecule has 1 rings (SSSR count). The van der Waals surface area contributed by atoms with Crippen molar-refractivity contribution in [2.24, 2.45) is 0 Å². The Kier molecular flexibility index (Phi) is 8.88. The van der Waals surface area contributed by atoms with E-state index in [1.807, 2.05) is 5.48 Å². The number of hydrogen-bond acceptors (Lipinski definition) is 6. The molecule has 1 aromatic carbocycles. The molecular formula is C16H22N2O6. The summed E-state index contributed by atoms with van der Waals surface area (Å²) in [7, 11) is 0. The molecule has 0 heterocycles. The molecule has 0 bridgehead atoms. The maximum Gasteiger partial charge on any atom is 0.440 e. The Labute approximate surface area is 140 Å². The third-order valence-electron chi connectivity index (χ3n) is 3.25. The third-order valence-corrected chi connectivity index (χ3v) is 3.25. The predicted octanol–water partition coefficient (Wildman–Crippen LogP) is 3.75. The molecule has 0 unspecified atom stereocenters. The van der Waals surface area contributed by atoms with Gasteiger partial charge in [0, 0.05) is 12.1 Å². The Morgan fingerprint density at radius 1 is 1.17 bits per heavy atom. The highest BCUT2D eigenvalue weighted by Crippen LogP contribution is 2.13. The van der Waals surface area contributed by atoms with Crippen LogP contribution in [0.2, 0.25) is 0 Å². The minimum absolute atomic E-state index is 0.0413. The second kappa shape index (κ2) is 11.0. The van der Waals surface area contributed by atoms with Crippen molar-refractivity contribution in [1.29, 1.82) is 0 Å². The standard InChI is InChI=1S/C16H22N2O6/c1-2-3-4-5-6-7-11-23-16(20)17-24-15(19)13-9-8-10-14(12-13)18(21)22/h8-10,12H,2-7,11H2,1H3,(H,17,20). The number of nitro groups is 1. The summed E-state index contributed by atoms with van der Waals surface area (Å²) in [6.07, 6.45) is 5.49. The van der Waals surface area contributed by atoms with E-state index in [1.54, 1.807) is 0 Å². The lowest BCUT2D eigenvalue weighted by Gasteiger charge is -2.07. The van der Waals surface area contributed by atoms with Crippen LogP contribution in [0, 0.1) is 10.1 Å². The van der Waals surface area contributed by atoms with Gasteiger partial charge in [-0.2, -0.15) is 0 Å². The number of hydroxylamine groups is 1. The van der Waals surface area contributed by atoms with E-state index < -0.39 is 17.0 Å². The average Bonchev–Trinajstić information content (AvgIpc) is 2.59. The van der Waals surface area contributed by atoms with E-state index in [-0.39, 0.29) is 17.9 Å². The Morgan fingerprint density at radius 2 is 1.88 bits per heavy atom. The number of amides is 1. The van der Waals surface area contributed by atoms with E-state index in [1.165, 1.54) is 37.5 Å². The van der Waals surface area contributed by atoms with Crippen LogP contribution < -0.4 is 5.48 Å². The monoisotopic (exact) mass is 338 g/mol. The highest BCUT2D eigenvalue weighted by molar-refractivity contribution is 5.90. The molecule has 0 saturated heterocycles. The number of rotatable bonds is 9. The van der Waals surface area contributed by atoms with Gasteiger partial charge in [-0.15, -0.1) is 5.48 Å². The minimum Gasteiger partial charge on any atom is -0.447 e. The summed E-state index contributed by atoms with van der Waals surface area (Å²) in [6, 6.07) is 5.01. The van der Waals surface area contributed by atoms with E-state index in [2.05, 4.69) is 11.8 Å². The zero-order valence-corrected chi connectivity index (χ0v) is 13.7. The van der Waals surface area contributed by atoms with Gasteiger partial charge in [-0.05, 0) is 12.5 Å². The van der Waals surface area contributed by atoms with Gasteiger partial charge >= 0.3 is 12.1 Å². The lowest BCUT2D eigenvalue weighted by atomic mass is 10.1. The molecule has 1 amide bonds. The molecule has 0 aliphatic carbocycles. The van der Waals surface area contributed by atoms with Crippen molar-refractivity contribution in [3.8, 4) is 0 Å². The molecule has 0 aliphatic rings. The van der Waals surface area contributed by atoms with Crippen LogP contribution in [0.3, 0.4) is 0 Å². The maximum absolute atomic E-state index is 11.7. The van der Waals surface area contributed by atoms with Crippen molar-refractivity contribution in [1.82, 2.24) is 5.48 Å². The lowest BCUT2D eigenvalue weighted by molar-refractivity contribution is -0.384. The first-order valence-electron chi connectivity index (χ1n) is 7.93. The number of carbonyl (C=O) groups excluding carboxylic acids is 2. The lowest BCUT2D eigenvalue weighted by Crippen LogP contribution is -2.28. The van der Waals surface area contributed by atoms with Crippen LogP contribution in [-0.2, 0) is 9.57 Å². The van der Waals surface area contributed by atoms with Gasteiger partial charge in [0.25, 0.3) is 5.69 Å². The summed E-state index contributed by atoms with van der Waals surface area (Å²) >= 11 is 0. The SMILES string of the molecule is CCCCCCCCOC(=O)NOC(=O)c1cccc([N+](=O)[O-])c1. The van der Waals surface area contributed by atoms with Crippen LogP contribution in [0.4, 0.5) is 10.5 Å². The normalized spacial score (nSPS) is 10.0. The van der Waals surface area contributed by atoms with Gasteiger partial charge in [-0.3, -0.25) is 10.1 Å². The zero-order chi connectivity index (χ0) is 17.8. The summed E-state index contributed by atoms with van der Waals surface area (Å²) in [6.45, 7) is 2.38. The number of nitrogens with zero attached hydrogens (tertiary/aromatic N) is 1. The topological polar surface area (TPSA) is 108 Å². The van der Waals surface area contributed by atoms with Gasteiger partial charge in [0.05, 0.1) is 17.1 Å². The van der Waals surface area contributed by atoms with Crippen molar-refractivity contribution in [2.75, 3.05) is 6.61 Å². The first-order chi connectivity index (χ1) is 11.5. The number of carbonyl (C=O) groups is 2. The molecule has 0 saturated carbocycles. The summed E-state index contributed by atoms with van der Waals surface area (Å²) < 4.78 is 4.86. The molecule has 0 radical (unpaired) electrons. The molecule has 0 atom stereocenters. The van der Waals surface area contributed by atoms with E-state index in [9.17, 15) is 19.7 Å². The number of benzene rings is 1. The van der Waals surface area contributed by atoms with Crippen LogP contribution >= 0.6 is 0 Å². The van der Waals surface area contributed by atoms with Crippen LogP contribution in [0.25, 0.3) is 0 Å². The third kappa shape index (κ3) is 7.57. The molecule has 0 spiro atoms. The predicted molar refractivity (Wildman–Crippen MR) is 86.4 cm³/mol. The molecule has 0 aliphatic heterocycles. The summed E-state index contributed by atoms with van der Waals surface area (Å²) in [5.41, 5.74) is 1.58. The Hall–Kier alpha value is -2.64. The van der Waals surface area contributed by atoms with Gasteiger partial charge in [-0.1, -0.05) is 45.1 Å². The molecular weight excluding hydrogens is 316 g/mol. The fraction of sp³-hybridized carbons (Fsp3) is 0.500. The molecule has 8 heteroatoms. The highest BCUT2D eigenvalue weighted by atomic mass is 16.7. The van der Waals surface area contributed by atoms with Crippen molar-refractivity contribution < 1.29 is 24.1 Å². The molecule has 0 fully saturated rings. The fourth-order valence-corrected chi connectivity index (χ4v) is 1.97. The van der Waals surface area contributed by atoms with Crippen molar-refractivity contribution in [3.05, 3.63) is 39.9 Å². The van der Waals surface area contributed by atoms with E-state index in [0.717, 1.165) is 25.3 Å². The van der Waals surface area contributed by atoms with Crippen molar-refractivity contribution >= 4 is 17.7 Å². The van der Waals surface area contributed by atoms with Gasteiger partial charge < -0.3 is 9.57 Å². The smallest absolute Gasteiger partial charge is 0.440 e. The number of nitro benzene ring substituents is 1. The second-order valence-corrected chi connectivity index (χ2v) is 5.20. The van der Waals surface area contributed by atoms with Gasteiger partial charge in [0.1, 0.15) is 0 Å². The van der Waals surface area contributed by atoms with E-state index in [4.69, 9.17) is 4.74 Å². The molecule has 0 aromatic heterocycles. The van der Waals surface area contributed by atoms with E-state index >= 15 is 0 Å². The Morgan fingerprint density at radius 3 is 2.58 bits per heavy atom.